The topological polar surface area (TPSA) is 18.5 Å². The van der Waals surface area contributed by atoms with Gasteiger partial charge in [-0.25, -0.2) is 0 Å². The van der Waals surface area contributed by atoms with E-state index in [0.717, 1.165) is 0 Å². The Morgan fingerprint density at radius 2 is 0.943 bits per heavy atom. The fourth-order valence-electron chi connectivity index (χ4n) is 4.17. The molecule has 186 valence electrons. The Morgan fingerprint density at radius 3 is 1.29 bits per heavy atom. The van der Waals surface area contributed by atoms with E-state index in [9.17, 15) is 0 Å². The van der Waals surface area contributed by atoms with Crippen molar-refractivity contribution in [2.75, 3.05) is 0 Å². The summed E-state index contributed by atoms with van der Waals surface area (Å²) >= 11 is -1.39. The van der Waals surface area contributed by atoms with Gasteiger partial charge in [0.15, 0.2) is 0 Å². The molecule has 2 atom stereocenters. The Morgan fingerprint density at radius 1 is 0.600 bits per heavy atom. The van der Waals surface area contributed by atoms with E-state index < -0.39 is 39.5 Å². The summed E-state index contributed by atoms with van der Waals surface area (Å²) in [6.07, 6.45) is 4.71. The first-order valence-electron chi connectivity index (χ1n) is 12.9. The van der Waals surface area contributed by atoms with Crippen LogP contribution in [-0.2, 0) is 31.8 Å². The third kappa shape index (κ3) is 5.28. The van der Waals surface area contributed by atoms with Crippen molar-refractivity contribution >= 4 is 28.8 Å². The zero-order valence-electron chi connectivity index (χ0n) is 23.2. The van der Waals surface area contributed by atoms with E-state index in [0.29, 0.717) is 7.35 Å². The van der Waals surface area contributed by atoms with Crippen molar-refractivity contribution in [3.8, 4) is 0 Å². The van der Waals surface area contributed by atoms with Crippen LogP contribution >= 0.6 is 0 Å². The minimum absolute atomic E-state index is 0.178. The van der Waals surface area contributed by atoms with Crippen molar-refractivity contribution in [1.82, 2.24) is 0 Å². The van der Waals surface area contributed by atoms with Gasteiger partial charge in [-0.15, -0.1) is 0 Å². The fourth-order valence-corrected chi connectivity index (χ4v) is 13.7. The number of rotatable bonds is 6. The molecule has 2 unspecified atom stereocenters. The van der Waals surface area contributed by atoms with Gasteiger partial charge in [0.05, 0.1) is 0 Å². The predicted molar refractivity (Wildman–Crippen MR) is 151 cm³/mol. The van der Waals surface area contributed by atoms with Crippen LogP contribution in [0.3, 0.4) is 0 Å². The molecule has 0 amide bonds. The standard InChI is InChI=1S/2C15H21OSi.Hf/c2*1-15(2,3)17(4,5)16-14-10-12-8-6-7-9-13(12)11-14;/h2*6-11H,1-5H3;. The first-order valence-corrected chi connectivity index (χ1v) is 22.8. The molecule has 2 aliphatic rings. The molecule has 2 aromatic carbocycles. The van der Waals surface area contributed by atoms with Gasteiger partial charge in [0.1, 0.15) is 0 Å². The van der Waals surface area contributed by atoms with E-state index in [2.05, 4.69) is 128 Å². The molecule has 2 nitrogen and oxygen atoms in total. The Kier molecular flexibility index (Phi) is 7.13. The summed E-state index contributed by atoms with van der Waals surface area (Å²) in [5, 5.41) is 0.356. The number of hydrogen-bond acceptors (Lipinski definition) is 2. The van der Waals surface area contributed by atoms with Gasteiger partial charge in [0.25, 0.3) is 0 Å². The zero-order valence-corrected chi connectivity index (χ0v) is 28.8. The van der Waals surface area contributed by atoms with Gasteiger partial charge in [-0.2, -0.15) is 0 Å². The maximum atomic E-state index is 7.04. The molecule has 0 fully saturated rings. The van der Waals surface area contributed by atoms with Crippen LogP contribution in [0.5, 0.6) is 0 Å². The molecule has 0 saturated carbocycles. The Bertz CT molecular complexity index is 1070. The maximum absolute atomic E-state index is 7.04. The summed E-state index contributed by atoms with van der Waals surface area (Å²) in [5.41, 5.74) is 5.64. The van der Waals surface area contributed by atoms with Gasteiger partial charge in [-0.05, 0) is 0 Å². The van der Waals surface area contributed by atoms with Crippen LogP contribution in [0.15, 0.2) is 60.0 Å². The monoisotopic (exact) mass is 670 g/mol. The molecule has 0 saturated heterocycles. The van der Waals surface area contributed by atoms with E-state index in [-0.39, 0.29) is 10.1 Å². The summed E-state index contributed by atoms with van der Waals surface area (Å²) in [5.74, 6) is 2.47. The Labute approximate surface area is 226 Å². The molecule has 2 aliphatic carbocycles. The summed E-state index contributed by atoms with van der Waals surface area (Å²) in [6, 6.07) is 17.9. The summed E-state index contributed by atoms with van der Waals surface area (Å²) in [6.45, 7) is 23.5. The number of fused-ring (bicyclic) bond motifs is 2. The van der Waals surface area contributed by atoms with Gasteiger partial charge in [0, 0.05) is 0 Å². The normalized spacial score (nSPS) is 20.1. The molecule has 0 spiro atoms. The molecule has 0 aliphatic heterocycles. The van der Waals surface area contributed by atoms with E-state index in [1.165, 1.54) is 33.8 Å². The van der Waals surface area contributed by atoms with Crippen LogP contribution < -0.4 is 0 Å². The second kappa shape index (κ2) is 9.29. The molecule has 5 heteroatoms. The third-order valence-electron chi connectivity index (χ3n) is 8.47. The summed E-state index contributed by atoms with van der Waals surface area (Å²) < 4.78 is 15.0. The second-order valence-electron chi connectivity index (χ2n) is 13.1. The SMILES string of the molecule is CC(C)(C)[Si](C)(C)OC1=Cc2ccccc2[CH]1[Hf][CH]1C(O[Si](C)(C)C(C)(C)C)=Cc2ccccc21. The molecule has 0 N–H and O–H groups in total. The van der Waals surface area contributed by atoms with E-state index >= 15 is 0 Å². The van der Waals surface area contributed by atoms with Gasteiger partial charge in [-0.3, -0.25) is 0 Å². The first-order chi connectivity index (χ1) is 16.1. The van der Waals surface area contributed by atoms with Crippen LogP contribution in [0.25, 0.3) is 12.2 Å². The number of benzene rings is 2. The zero-order chi connectivity index (χ0) is 25.8. The molecule has 2 aromatic rings. The van der Waals surface area contributed by atoms with Crippen molar-refractivity contribution in [3.05, 3.63) is 82.3 Å². The molecular formula is C30H42HfO2Si2. The van der Waals surface area contributed by atoms with Crippen molar-refractivity contribution in [3.63, 3.8) is 0 Å². The molecule has 0 heterocycles. The third-order valence-corrected chi connectivity index (χ3v) is 23.9. The molecule has 0 aromatic heterocycles. The Hall–Kier alpha value is -1.18. The van der Waals surface area contributed by atoms with Crippen molar-refractivity contribution in [1.29, 1.82) is 0 Å². The minimum atomic E-state index is -1.93. The van der Waals surface area contributed by atoms with Gasteiger partial charge >= 0.3 is 228 Å². The average molecular weight is 669 g/mol. The van der Waals surface area contributed by atoms with Crippen LogP contribution in [-0.4, -0.2) is 16.6 Å². The van der Waals surface area contributed by atoms with E-state index in [4.69, 9.17) is 8.85 Å². The molecule has 0 bridgehead atoms. The molecular weight excluding hydrogens is 627 g/mol. The van der Waals surface area contributed by atoms with Crippen molar-refractivity contribution in [2.45, 2.75) is 85.2 Å². The van der Waals surface area contributed by atoms with Gasteiger partial charge < -0.3 is 0 Å². The van der Waals surface area contributed by atoms with E-state index in [1.54, 1.807) is 0 Å². The van der Waals surface area contributed by atoms with Crippen LogP contribution in [0.4, 0.5) is 0 Å². The van der Waals surface area contributed by atoms with Crippen LogP contribution in [0.2, 0.25) is 36.3 Å². The number of allylic oxidation sites excluding steroid dienone is 2. The second-order valence-corrected chi connectivity index (χ2v) is 27.9. The van der Waals surface area contributed by atoms with Gasteiger partial charge in [0.2, 0.25) is 0 Å². The van der Waals surface area contributed by atoms with Crippen LogP contribution in [0, 0.1) is 0 Å². The first kappa shape index (κ1) is 26.9. The quantitative estimate of drug-likeness (QED) is 0.286. The van der Waals surface area contributed by atoms with Crippen LogP contribution in [0.1, 0.15) is 71.1 Å². The van der Waals surface area contributed by atoms with Gasteiger partial charge in [-0.1, -0.05) is 0 Å². The Balaban J connectivity index is 1.71. The van der Waals surface area contributed by atoms with Crippen molar-refractivity contribution < 1.29 is 31.8 Å². The molecule has 0 radical (unpaired) electrons. The predicted octanol–water partition coefficient (Wildman–Crippen LogP) is 9.30. The molecule has 35 heavy (non-hydrogen) atoms. The number of hydrogen-bond donors (Lipinski definition) is 0. The average Bonchev–Trinajstić information content (AvgIpc) is 3.24. The summed E-state index contributed by atoms with van der Waals surface area (Å²) in [4.78, 5) is 0. The van der Waals surface area contributed by atoms with E-state index in [1.807, 2.05) is 0 Å². The fraction of sp³-hybridized carbons (Fsp3) is 0.467. The molecule has 4 rings (SSSR count). The summed E-state index contributed by atoms with van der Waals surface area (Å²) in [7, 11) is -3.87. The van der Waals surface area contributed by atoms with Crippen molar-refractivity contribution in [2.24, 2.45) is 0 Å².